The summed E-state index contributed by atoms with van der Waals surface area (Å²) in [5, 5.41) is 0.930. The molecule has 20 heavy (non-hydrogen) atoms. The van der Waals surface area contributed by atoms with E-state index in [9.17, 15) is 4.79 Å². The first kappa shape index (κ1) is 14.7. The SMILES string of the molecule is CCC(=O)Oc1c(Cl)cccc1Oc1ccc(Cl)cc1. The molecule has 104 valence electrons. The van der Waals surface area contributed by atoms with Gasteiger partial charge >= 0.3 is 5.97 Å². The molecule has 0 aliphatic carbocycles. The quantitative estimate of drug-likeness (QED) is 0.582. The first-order valence-corrected chi connectivity index (χ1v) is 6.78. The molecular formula is C15H12Cl2O3. The molecule has 0 aliphatic heterocycles. The fourth-order valence-corrected chi connectivity index (χ4v) is 1.81. The van der Waals surface area contributed by atoms with Crippen molar-refractivity contribution in [3.8, 4) is 17.2 Å². The van der Waals surface area contributed by atoms with Crippen molar-refractivity contribution < 1.29 is 14.3 Å². The Kier molecular flexibility index (Phi) is 4.88. The molecule has 0 heterocycles. The van der Waals surface area contributed by atoms with E-state index < -0.39 is 0 Å². The maximum absolute atomic E-state index is 11.4. The summed E-state index contributed by atoms with van der Waals surface area (Å²) in [6, 6.07) is 11.9. The number of para-hydroxylation sites is 1. The number of carbonyl (C=O) groups excluding carboxylic acids is 1. The highest BCUT2D eigenvalue weighted by molar-refractivity contribution is 6.32. The van der Waals surface area contributed by atoms with Gasteiger partial charge in [0, 0.05) is 11.4 Å². The van der Waals surface area contributed by atoms with Gasteiger partial charge in [0.2, 0.25) is 0 Å². The van der Waals surface area contributed by atoms with E-state index in [0.29, 0.717) is 21.5 Å². The van der Waals surface area contributed by atoms with Crippen LogP contribution in [0.15, 0.2) is 42.5 Å². The lowest BCUT2D eigenvalue weighted by molar-refractivity contribution is -0.134. The highest BCUT2D eigenvalue weighted by Gasteiger charge is 2.14. The third-order valence-corrected chi connectivity index (χ3v) is 3.03. The molecule has 5 heteroatoms. The average molecular weight is 311 g/mol. The van der Waals surface area contributed by atoms with Crippen molar-refractivity contribution in [3.05, 3.63) is 52.5 Å². The van der Waals surface area contributed by atoms with Crippen LogP contribution in [0.3, 0.4) is 0 Å². The van der Waals surface area contributed by atoms with Crippen molar-refractivity contribution >= 4 is 29.2 Å². The Bertz CT molecular complexity index is 609. The molecule has 0 radical (unpaired) electrons. The van der Waals surface area contributed by atoms with E-state index in [1.165, 1.54) is 0 Å². The van der Waals surface area contributed by atoms with Crippen LogP contribution in [0.5, 0.6) is 17.2 Å². The first-order valence-electron chi connectivity index (χ1n) is 6.02. The van der Waals surface area contributed by atoms with Crippen LogP contribution in [0.4, 0.5) is 0 Å². The van der Waals surface area contributed by atoms with E-state index in [4.69, 9.17) is 32.7 Å². The Morgan fingerprint density at radius 2 is 1.80 bits per heavy atom. The van der Waals surface area contributed by atoms with Crippen molar-refractivity contribution in [2.45, 2.75) is 13.3 Å². The largest absolute Gasteiger partial charge is 0.453 e. The number of benzene rings is 2. The van der Waals surface area contributed by atoms with Gasteiger partial charge in [-0.25, -0.2) is 0 Å². The van der Waals surface area contributed by atoms with Crippen LogP contribution in [0.25, 0.3) is 0 Å². The van der Waals surface area contributed by atoms with Gasteiger partial charge in [0.25, 0.3) is 0 Å². The second-order valence-corrected chi connectivity index (χ2v) is 4.79. The second kappa shape index (κ2) is 6.64. The number of halogens is 2. The topological polar surface area (TPSA) is 35.5 Å². The molecule has 2 rings (SSSR count). The minimum atomic E-state index is -0.376. The molecule has 0 amide bonds. The Balaban J connectivity index is 2.29. The highest BCUT2D eigenvalue weighted by atomic mass is 35.5. The van der Waals surface area contributed by atoms with Gasteiger partial charge < -0.3 is 9.47 Å². The second-order valence-electron chi connectivity index (χ2n) is 3.95. The van der Waals surface area contributed by atoms with Crippen molar-refractivity contribution in [2.24, 2.45) is 0 Å². The Hall–Kier alpha value is -1.71. The third-order valence-electron chi connectivity index (χ3n) is 2.48. The predicted octanol–water partition coefficient (Wildman–Crippen LogP) is 5.10. The van der Waals surface area contributed by atoms with Crippen LogP contribution in [-0.2, 0) is 4.79 Å². The minimum absolute atomic E-state index is 0.218. The van der Waals surface area contributed by atoms with E-state index in [-0.39, 0.29) is 18.1 Å². The summed E-state index contributed by atoms with van der Waals surface area (Å²) in [7, 11) is 0. The van der Waals surface area contributed by atoms with Crippen molar-refractivity contribution in [3.63, 3.8) is 0 Å². The van der Waals surface area contributed by atoms with Crippen LogP contribution in [0.1, 0.15) is 13.3 Å². The van der Waals surface area contributed by atoms with Crippen LogP contribution in [-0.4, -0.2) is 5.97 Å². The lowest BCUT2D eigenvalue weighted by Crippen LogP contribution is -2.06. The number of esters is 1. The van der Waals surface area contributed by atoms with Gasteiger partial charge in [-0.2, -0.15) is 0 Å². The molecule has 0 fully saturated rings. The zero-order valence-corrected chi connectivity index (χ0v) is 12.2. The maximum atomic E-state index is 11.4. The lowest BCUT2D eigenvalue weighted by atomic mass is 10.3. The standard InChI is InChI=1S/C15H12Cl2O3/c1-2-14(18)20-15-12(17)4-3-5-13(15)19-11-8-6-10(16)7-9-11/h3-9H,2H2,1H3. The summed E-state index contributed by atoms with van der Waals surface area (Å²) in [4.78, 5) is 11.4. The fraction of sp³-hybridized carbons (Fsp3) is 0.133. The molecule has 0 atom stereocenters. The average Bonchev–Trinajstić information content (AvgIpc) is 2.45. The van der Waals surface area contributed by atoms with Crippen molar-refractivity contribution in [1.29, 1.82) is 0 Å². The van der Waals surface area contributed by atoms with Crippen LogP contribution >= 0.6 is 23.2 Å². The molecule has 0 aromatic heterocycles. The van der Waals surface area contributed by atoms with E-state index in [0.717, 1.165) is 0 Å². The number of rotatable bonds is 4. The molecule has 2 aromatic rings. The smallest absolute Gasteiger partial charge is 0.311 e. The van der Waals surface area contributed by atoms with Crippen LogP contribution < -0.4 is 9.47 Å². The van der Waals surface area contributed by atoms with E-state index in [1.807, 2.05) is 0 Å². The number of hydrogen-bond acceptors (Lipinski definition) is 3. The molecule has 0 bridgehead atoms. The van der Waals surface area contributed by atoms with Crippen molar-refractivity contribution in [1.82, 2.24) is 0 Å². The monoisotopic (exact) mass is 310 g/mol. The maximum Gasteiger partial charge on any atom is 0.311 e. The zero-order chi connectivity index (χ0) is 14.5. The van der Waals surface area contributed by atoms with E-state index >= 15 is 0 Å². The highest BCUT2D eigenvalue weighted by Crippen LogP contribution is 2.37. The normalized spacial score (nSPS) is 10.2. The summed E-state index contributed by atoms with van der Waals surface area (Å²) in [5.41, 5.74) is 0. The van der Waals surface area contributed by atoms with Gasteiger partial charge in [-0.05, 0) is 36.4 Å². The Labute approximate surface area is 127 Å². The number of hydrogen-bond donors (Lipinski definition) is 0. The van der Waals surface area contributed by atoms with E-state index in [1.54, 1.807) is 49.4 Å². The van der Waals surface area contributed by atoms with Gasteiger partial charge in [0.1, 0.15) is 5.75 Å². The Morgan fingerprint density at radius 3 is 2.45 bits per heavy atom. The molecule has 0 aliphatic rings. The molecule has 0 N–H and O–H groups in total. The summed E-state index contributed by atoms with van der Waals surface area (Å²) in [6.07, 6.45) is 0.256. The predicted molar refractivity (Wildman–Crippen MR) is 78.9 cm³/mol. The fourth-order valence-electron chi connectivity index (χ4n) is 1.48. The summed E-state index contributed by atoms with van der Waals surface area (Å²) < 4.78 is 10.9. The molecule has 0 unspecified atom stereocenters. The molecule has 0 saturated carbocycles. The Morgan fingerprint density at radius 1 is 1.10 bits per heavy atom. The number of carbonyl (C=O) groups is 1. The molecule has 0 spiro atoms. The third kappa shape index (κ3) is 3.65. The molecular weight excluding hydrogens is 299 g/mol. The van der Waals surface area contributed by atoms with Gasteiger partial charge in [-0.3, -0.25) is 4.79 Å². The van der Waals surface area contributed by atoms with Gasteiger partial charge in [0.15, 0.2) is 11.5 Å². The summed E-state index contributed by atoms with van der Waals surface area (Å²) >= 11 is 11.9. The van der Waals surface area contributed by atoms with Gasteiger partial charge in [-0.1, -0.05) is 36.2 Å². The summed E-state index contributed by atoms with van der Waals surface area (Å²) in [6.45, 7) is 1.71. The van der Waals surface area contributed by atoms with Gasteiger partial charge in [-0.15, -0.1) is 0 Å². The molecule has 2 aromatic carbocycles. The molecule has 0 saturated heterocycles. The first-order chi connectivity index (χ1) is 9.60. The van der Waals surface area contributed by atoms with Crippen LogP contribution in [0, 0.1) is 0 Å². The summed E-state index contributed by atoms with van der Waals surface area (Å²) in [5.74, 6) is 0.794. The minimum Gasteiger partial charge on any atom is -0.453 e. The van der Waals surface area contributed by atoms with Crippen LogP contribution in [0.2, 0.25) is 10.0 Å². The van der Waals surface area contributed by atoms with Crippen molar-refractivity contribution in [2.75, 3.05) is 0 Å². The zero-order valence-electron chi connectivity index (χ0n) is 10.7. The van der Waals surface area contributed by atoms with E-state index in [2.05, 4.69) is 0 Å². The number of ether oxygens (including phenoxy) is 2. The van der Waals surface area contributed by atoms with Gasteiger partial charge in [0.05, 0.1) is 5.02 Å². The molecule has 3 nitrogen and oxygen atoms in total. The lowest BCUT2D eigenvalue weighted by Gasteiger charge is -2.12.